The van der Waals surface area contributed by atoms with Gasteiger partial charge in [0.1, 0.15) is 0 Å². The summed E-state index contributed by atoms with van der Waals surface area (Å²) in [5, 5.41) is 13.1. The first-order valence-electron chi connectivity index (χ1n) is 2.73. The Labute approximate surface area is 72.7 Å². The molecule has 0 amide bonds. The minimum Gasteiger partial charge on any atom is -0.368 e. The van der Waals surface area contributed by atoms with Gasteiger partial charge < -0.3 is 11.5 Å². The van der Waals surface area contributed by atoms with Gasteiger partial charge in [0.05, 0.1) is 0 Å². The van der Waals surface area contributed by atoms with Crippen LogP contribution in [0.25, 0.3) is 0 Å². The van der Waals surface area contributed by atoms with Gasteiger partial charge >= 0.3 is 7.82 Å². The first kappa shape index (κ1) is 11.6. The van der Waals surface area contributed by atoms with E-state index in [2.05, 4.69) is 9.25 Å². The van der Waals surface area contributed by atoms with Gasteiger partial charge in [0.25, 0.3) is 0 Å². The summed E-state index contributed by atoms with van der Waals surface area (Å²) in [4.78, 5) is 8.69. The van der Waals surface area contributed by atoms with Crippen LogP contribution < -0.4 is 22.4 Å². The highest BCUT2D eigenvalue weighted by atomic mass is 31.2. The highest BCUT2D eigenvalue weighted by Gasteiger charge is 2.23. The Bertz CT molecular complexity index is 231. The number of phosphoric acid groups is 1. The predicted molar refractivity (Wildman–Crippen MR) is 42.1 cm³/mol. The molecule has 11 heteroatoms. The number of guanidine groups is 2. The molecule has 0 atom stereocenters. The second kappa shape index (κ2) is 4.62. The van der Waals surface area contributed by atoms with Crippen molar-refractivity contribution in [1.82, 2.24) is 11.0 Å². The lowest BCUT2D eigenvalue weighted by molar-refractivity contribution is 0.103. The van der Waals surface area contributed by atoms with Crippen LogP contribution in [0.1, 0.15) is 0 Å². The van der Waals surface area contributed by atoms with E-state index in [1.54, 1.807) is 11.0 Å². The molecule has 0 bridgehead atoms. The summed E-state index contributed by atoms with van der Waals surface area (Å²) in [5.41, 5.74) is 12.6. The second-order valence-electron chi connectivity index (χ2n) is 1.68. The molecule has 13 heavy (non-hydrogen) atoms. The van der Waals surface area contributed by atoms with Crippen molar-refractivity contribution >= 4 is 19.7 Å². The fraction of sp³-hybridized carbons (Fsp3) is 0. The summed E-state index contributed by atoms with van der Waals surface area (Å²) >= 11 is 0. The highest BCUT2D eigenvalue weighted by molar-refractivity contribution is 7.47. The van der Waals surface area contributed by atoms with Crippen molar-refractivity contribution < 1.29 is 18.7 Å². The van der Waals surface area contributed by atoms with Crippen LogP contribution in [0.2, 0.25) is 0 Å². The van der Waals surface area contributed by atoms with E-state index < -0.39 is 19.7 Å². The van der Waals surface area contributed by atoms with Crippen LogP contribution in [0, 0.1) is 10.8 Å². The van der Waals surface area contributed by atoms with E-state index in [-0.39, 0.29) is 0 Å². The smallest absolute Gasteiger partial charge is 0.368 e. The van der Waals surface area contributed by atoms with Crippen molar-refractivity contribution in [1.29, 1.82) is 10.8 Å². The van der Waals surface area contributed by atoms with Gasteiger partial charge in [-0.3, -0.25) is 15.7 Å². The molecular formula is C2H9N6O4P. The van der Waals surface area contributed by atoms with Crippen LogP contribution in [0.3, 0.4) is 0 Å². The van der Waals surface area contributed by atoms with E-state index in [1.807, 2.05) is 0 Å². The van der Waals surface area contributed by atoms with Crippen molar-refractivity contribution in [2.24, 2.45) is 11.5 Å². The summed E-state index contributed by atoms with van der Waals surface area (Å²) in [6.07, 6.45) is 0. The lowest BCUT2D eigenvalue weighted by Gasteiger charge is -2.11. The van der Waals surface area contributed by atoms with Gasteiger partial charge in [0, 0.05) is 0 Å². The van der Waals surface area contributed by atoms with Crippen molar-refractivity contribution in [3.8, 4) is 0 Å². The molecule has 0 aromatic heterocycles. The SMILES string of the molecule is N=C(N)NOP(=O)(O)ONC(=N)N. The number of hydrogen-bond acceptors (Lipinski definition) is 5. The quantitative estimate of drug-likeness (QED) is 0.120. The van der Waals surface area contributed by atoms with E-state index in [0.717, 1.165) is 0 Å². The normalized spacial score (nSPS) is 14.2. The maximum atomic E-state index is 10.7. The molecule has 0 heterocycles. The Morgan fingerprint density at radius 2 is 1.54 bits per heavy atom. The molecule has 0 saturated heterocycles. The zero-order valence-electron chi connectivity index (χ0n) is 6.27. The summed E-state index contributed by atoms with van der Waals surface area (Å²) in [7, 11) is -4.46. The third-order valence-corrected chi connectivity index (χ3v) is 1.19. The van der Waals surface area contributed by atoms with E-state index in [9.17, 15) is 4.57 Å². The van der Waals surface area contributed by atoms with Gasteiger partial charge in [0.15, 0.2) is 0 Å². The molecule has 9 N–H and O–H groups in total. The molecule has 0 unspecified atom stereocenters. The Kier molecular flexibility index (Phi) is 4.14. The molecule has 76 valence electrons. The minimum absolute atomic E-state index is 0.680. The van der Waals surface area contributed by atoms with Crippen LogP contribution in [0.4, 0.5) is 0 Å². The van der Waals surface area contributed by atoms with Gasteiger partial charge in [-0.15, -0.1) is 0 Å². The molecule has 0 radical (unpaired) electrons. The fourth-order valence-corrected chi connectivity index (χ4v) is 0.697. The Morgan fingerprint density at radius 1 is 1.23 bits per heavy atom. The molecule has 0 aliphatic heterocycles. The lowest BCUT2D eigenvalue weighted by Crippen LogP contribution is -2.33. The Balaban J connectivity index is 3.87. The van der Waals surface area contributed by atoms with Crippen molar-refractivity contribution in [2.75, 3.05) is 0 Å². The largest absolute Gasteiger partial charge is 0.515 e. The fourth-order valence-electron chi connectivity index (χ4n) is 0.232. The topological polar surface area (TPSA) is 180 Å². The van der Waals surface area contributed by atoms with E-state index in [0.29, 0.717) is 0 Å². The van der Waals surface area contributed by atoms with Crippen molar-refractivity contribution in [3.05, 3.63) is 0 Å². The molecule has 0 aromatic carbocycles. The molecule has 0 rings (SSSR count). The predicted octanol–water partition coefficient (Wildman–Crippen LogP) is -2.08. The van der Waals surface area contributed by atoms with Crippen molar-refractivity contribution in [3.63, 3.8) is 0 Å². The molecule has 0 aliphatic rings. The van der Waals surface area contributed by atoms with Crippen LogP contribution in [0.5, 0.6) is 0 Å². The highest BCUT2D eigenvalue weighted by Crippen LogP contribution is 2.40. The number of nitrogens with one attached hydrogen (secondary N) is 4. The van der Waals surface area contributed by atoms with Crippen LogP contribution in [0.15, 0.2) is 0 Å². The molecule has 0 aliphatic carbocycles. The van der Waals surface area contributed by atoms with Gasteiger partial charge in [-0.05, 0) is 0 Å². The Morgan fingerprint density at radius 3 is 1.77 bits per heavy atom. The molecule has 0 saturated carbocycles. The van der Waals surface area contributed by atoms with Gasteiger partial charge in [-0.25, -0.2) is 15.5 Å². The molecule has 10 nitrogen and oxygen atoms in total. The third-order valence-electron chi connectivity index (χ3n) is 0.542. The molecule has 0 fully saturated rings. The number of hydroxylamine groups is 2. The summed E-state index contributed by atoms with van der Waals surface area (Å²) in [6, 6.07) is 0. The summed E-state index contributed by atoms with van der Waals surface area (Å²) < 4.78 is 18.5. The molecule has 0 aromatic rings. The number of nitrogens with two attached hydrogens (primary N) is 2. The zero-order chi connectivity index (χ0) is 10.5. The third kappa shape index (κ3) is 7.03. The van der Waals surface area contributed by atoms with Crippen LogP contribution in [-0.4, -0.2) is 16.8 Å². The minimum atomic E-state index is -4.46. The molecule has 0 spiro atoms. The number of hydrogen-bond donors (Lipinski definition) is 7. The molecular weight excluding hydrogens is 203 g/mol. The lowest BCUT2D eigenvalue weighted by atomic mass is 11.1. The second-order valence-corrected chi connectivity index (χ2v) is 2.98. The monoisotopic (exact) mass is 212 g/mol. The van der Waals surface area contributed by atoms with Crippen molar-refractivity contribution in [2.45, 2.75) is 0 Å². The average Bonchev–Trinajstić information content (AvgIpc) is 1.98. The Hall–Kier alpha value is -1.35. The van der Waals surface area contributed by atoms with Gasteiger partial charge in [-0.1, -0.05) is 0 Å². The average molecular weight is 212 g/mol. The van der Waals surface area contributed by atoms with Gasteiger partial charge in [0.2, 0.25) is 11.9 Å². The summed E-state index contributed by atoms with van der Waals surface area (Å²) in [6.45, 7) is 0. The van der Waals surface area contributed by atoms with E-state index in [4.69, 9.17) is 27.2 Å². The number of rotatable bonds is 4. The van der Waals surface area contributed by atoms with Crippen LogP contribution >= 0.6 is 7.82 Å². The maximum absolute atomic E-state index is 10.7. The van der Waals surface area contributed by atoms with E-state index >= 15 is 0 Å². The zero-order valence-corrected chi connectivity index (χ0v) is 7.17. The summed E-state index contributed by atoms with van der Waals surface area (Å²) in [5.74, 6) is -1.36. The van der Waals surface area contributed by atoms with E-state index in [1.165, 1.54) is 0 Å². The standard InChI is InChI=1S/C2H9N6O4P/c3-1(4)7-11-13(9,10)12-8-2(5)6/h(H,9,10)(H4,3,4,7)(H4,5,6,8). The van der Waals surface area contributed by atoms with Gasteiger partial charge in [-0.2, -0.15) is 9.25 Å². The van der Waals surface area contributed by atoms with Crippen LogP contribution in [-0.2, 0) is 13.8 Å². The first-order valence-corrected chi connectivity index (χ1v) is 4.23. The maximum Gasteiger partial charge on any atom is 0.515 e. The first-order chi connectivity index (χ1) is 5.83.